The molecule has 0 saturated heterocycles. The molecule has 30 heavy (non-hydrogen) atoms. The van der Waals surface area contributed by atoms with Crippen molar-refractivity contribution < 1.29 is 19.1 Å². The Hall–Kier alpha value is -3.45. The molecule has 0 atom stereocenters. The molecule has 7 heteroatoms. The molecule has 0 radical (unpaired) electrons. The summed E-state index contributed by atoms with van der Waals surface area (Å²) in [5, 5.41) is 5.73. The highest BCUT2D eigenvalue weighted by atomic mass is 32.1. The largest absolute Gasteiger partial charge is 0.484 e. The van der Waals surface area contributed by atoms with E-state index in [1.165, 1.54) is 23.1 Å². The van der Waals surface area contributed by atoms with Crippen LogP contribution in [0.2, 0.25) is 0 Å². The molecule has 0 aliphatic rings. The Morgan fingerprint density at radius 3 is 2.37 bits per heavy atom. The zero-order valence-electron chi connectivity index (χ0n) is 16.7. The van der Waals surface area contributed by atoms with Gasteiger partial charge in [0, 0.05) is 0 Å². The highest BCUT2D eigenvalue weighted by Gasteiger charge is 2.09. The quantitative estimate of drug-likeness (QED) is 0.249. The summed E-state index contributed by atoms with van der Waals surface area (Å²) in [5.74, 6) is 0.759. The van der Waals surface area contributed by atoms with Crippen molar-refractivity contribution in [3.63, 3.8) is 0 Å². The van der Waals surface area contributed by atoms with E-state index in [-0.39, 0.29) is 12.5 Å². The Kier molecular flexibility index (Phi) is 7.34. The van der Waals surface area contributed by atoms with Crippen LogP contribution < -0.4 is 14.9 Å². The molecule has 6 nitrogen and oxygen atoms in total. The molecule has 154 valence electrons. The molecule has 0 unspecified atom stereocenters. The molecule has 0 aliphatic heterocycles. The molecule has 0 saturated carbocycles. The first-order valence-corrected chi connectivity index (χ1v) is 10.3. The van der Waals surface area contributed by atoms with E-state index in [1.807, 2.05) is 29.6 Å². The Bertz CT molecular complexity index is 995. The normalized spacial score (nSPS) is 10.9. The van der Waals surface area contributed by atoms with Crippen LogP contribution in [0.1, 0.15) is 40.6 Å². The molecule has 0 bridgehead atoms. The lowest BCUT2D eigenvalue weighted by Crippen LogP contribution is -2.24. The van der Waals surface area contributed by atoms with Crippen LogP contribution in [0.15, 0.2) is 71.1 Å². The van der Waals surface area contributed by atoms with Gasteiger partial charge in [0.1, 0.15) is 16.4 Å². The van der Waals surface area contributed by atoms with Crippen molar-refractivity contribution in [1.29, 1.82) is 0 Å². The highest BCUT2D eigenvalue weighted by molar-refractivity contribution is 7.12. The number of rotatable bonds is 8. The SMILES string of the molecule is CC(C)c1ccc(OCC(=O)NN=Cc2ccc(OC(=O)c3cccs3)cc2)cc1. The minimum Gasteiger partial charge on any atom is -0.484 e. The van der Waals surface area contributed by atoms with Crippen LogP contribution in [0.5, 0.6) is 11.5 Å². The third-order valence-corrected chi connectivity index (χ3v) is 4.98. The van der Waals surface area contributed by atoms with E-state index in [4.69, 9.17) is 9.47 Å². The third kappa shape index (κ3) is 6.28. The number of benzene rings is 2. The van der Waals surface area contributed by atoms with Crippen molar-refractivity contribution in [2.45, 2.75) is 19.8 Å². The molecule has 1 heterocycles. The molecule has 1 aromatic heterocycles. The minimum absolute atomic E-state index is 0.129. The number of amides is 1. The van der Waals surface area contributed by atoms with E-state index in [2.05, 4.69) is 24.4 Å². The van der Waals surface area contributed by atoms with Gasteiger partial charge in [-0.25, -0.2) is 10.2 Å². The van der Waals surface area contributed by atoms with E-state index >= 15 is 0 Å². The Morgan fingerprint density at radius 1 is 1.03 bits per heavy atom. The summed E-state index contributed by atoms with van der Waals surface area (Å²) >= 11 is 1.33. The zero-order valence-corrected chi connectivity index (χ0v) is 17.5. The number of nitrogens with one attached hydrogen (secondary N) is 1. The van der Waals surface area contributed by atoms with Gasteiger partial charge in [-0.15, -0.1) is 11.3 Å². The van der Waals surface area contributed by atoms with Crippen molar-refractivity contribution in [1.82, 2.24) is 5.43 Å². The molecule has 3 aromatic rings. The summed E-state index contributed by atoms with van der Waals surface area (Å²) < 4.78 is 10.7. The average Bonchev–Trinajstić information content (AvgIpc) is 3.29. The number of nitrogens with zero attached hydrogens (tertiary/aromatic N) is 1. The van der Waals surface area contributed by atoms with Gasteiger partial charge in [-0.3, -0.25) is 4.79 Å². The van der Waals surface area contributed by atoms with Crippen LogP contribution in [0.25, 0.3) is 0 Å². The first kappa shape index (κ1) is 21.3. The van der Waals surface area contributed by atoms with Gasteiger partial charge in [-0.2, -0.15) is 5.10 Å². The molecular formula is C23H22N2O4S. The molecule has 1 N–H and O–H groups in total. The lowest BCUT2D eigenvalue weighted by molar-refractivity contribution is -0.123. The molecule has 0 fully saturated rings. The number of ether oxygens (including phenoxy) is 2. The van der Waals surface area contributed by atoms with E-state index in [9.17, 15) is 9.59 Å². The Morgan fingerprint density at radius 2 is 1.73 bits per heavy atom. The third-order valence-electron chi connectivity index (χ3n) is 4.13. The second kappa shape index (κ2) is 10.4. The number of hydrazone groups is 1. The van der Waals surface area contributed by atoms with E-state index in [0.717, 1.165) is 5.56 Å². The maximum absolute atomic E-state index is 11.9. The number of carbonyl (C=O) groups excluding carboxylic acids is 2. The molecule has 0 aliphatic carbocycles. The van der Waals surface area contributed by atoms with Crippen LogP contribution in [0.3, 0.4) is 0 Å². The second-order valence-corrected chi connectivity index (χ2v) is 7.69. The fraction of sp³-hybridized carbons (Fsp3) is 0.174. The van der Waals surface area contributed by atoms with Gasteiger partial charge in [0.15, 0.2) is 6.61 Å². The van der Waals surface area contributed by atoms with Gasteiger partial charge < -0.3 is 9.47 Å². The van der Waals surface area contributed by atoms with Crippen LogP contribution in [0.4, 0.5) is 0 Å². The van der Waals surface area contributed by atoms with Crippen molar-refractivity contribution in [3.8, 4) is 11.5 Å². The second-order valence-electron chi connectivity index (χ2n) is 6.74. The highest BCUT2D eigenvalue weighted by Crippen LogP contribution is 2.18. The fourth-order valence-corrected chi connectivity index (χ4v) is 3.08. The van der Waals surface area contributed by atoms with E-state index in [0.29, 0.717) is 22.3 Å². The van der Waals surface area contributed by atoms with E-state index in [1.54, 1.807) is 36.4 Å². The minimum atomic E-state index is -0.391. The molecule has 3 rings (SSSR count). The van der Waals surface area contributed by atoms with Gasteiger partial charge in [0.05, 0.1) is 6.21 Å². The zero-order chi connectivity index (χ0) is 21.3. The monoisotopic (exact) mass is 422 g/mol. The molecule has 0 spiro atoms. The summed E-state index contributed by atoms with van der Waals surface area (Å²) in [6.07, 6.45) is 1.50. The van der Waals surface area contributed by atoms with E-state index < -0.39 is 5.97 Å². The van der Waals surface area contributed by atoms with Crippen LogP contribution in [-0.4, -0.2) is 24.7 Å². The summed E-state index contributed by atoms with van der Waals surface area (Å²) in [6.45, 7) is 4.11. The average molecular weight is 423 g/mol. The van der Waals surface area contributed by atoms with Crippen molar-refractivity contribution >= 4 is 29.4 Å². The topological polar surface area (TPSA) is 77.0 Å². The van der Waals surface area contributed by atoms with Gasteiger partial charge in [-0.05, 0) is 64.9 Å². The maximum Gasteiger partial charge on any atom is 0.353 e. The number of hydrogen-bond donors (Lipinski definition) is 1. The molecule has 1 amide bonds. The molecule has 2 aromatic carbocycles. The summed E-state index contributed by atoms with van der Waals surface area (Å²) in [7, 11) is 0. The standard InChI is InChI=1S/C23H22N2O4S/c1-16(2)18-7-11-19(12-8-18)28-15-22(26)25-24-14-17-5-9-20(10-6-17)29-23(27)21-4-3-13-30-21/h3-14,16H,15H2,1-2H3,(H,25,26). The Balaban J connectivity index is 1.43. The summed E-state index contributed by atoms with van der Waals surface area (Å²) in [6, 6.07) is 18.0. The predicted octanol–water partition coefficient (Wildman–Crippen LogP) is 4.62. The van der Waals surface area contributed by atoms with Gasteiger partial charge in [0.25, 0.3) is 5.91 Å². The van der Waals surface area contributed by atoms with Crippen molar-refractivity contribution in [3.05, 3.63) is 82.0 Å². The smallest absolute Gasteiger partial charge is 0.353 e. The van der Waals surface area contributed by atoms with Gasteiger partial charge in [0.2, 0.25) is 0 Å². The number of esters is 1. The lowest BCUT2D eigenvalue weighted by atomic mass is 10.0. The van der Waals surface area contributed by atoms with Crippen LogP contribution >= 0.6 is 11.3 Å². The fourth-order valence-electron chi connectivity index (χ4n) is 2.48. The predicted molar refractivity (Wildman–Crippen MR) is 117 cm³/mol. The van der Waals surface area contributed by atoms with Crippen molar-refractivity contribution in [2.75, 3.05) is 6.61 Å². The molecular weight excluding hydrogens is 400 g/mol. The number of hydrogen-bond acceptors (Lipinski definition) is 6. The number of thiophene rings is 1. The summed E-state index contributed by atoms with van der Waals surface area (Å²) in [5.41, 5.74) is 4.38. The van der Waals surface area contributed by atoms with Crippen LogP contribution in [0, 0.1) is 0 Å². The Labute approximate surface area is 179 Å². The lowest BCUT2D eigenvalue weighted by Gasteiger charge is -2.08. The number of carbonyl (C=O) groups is 2. The van der Waals surface area contributed by atoms with Gasteiger partial charge >= 0.3 is 5.97 Å². The maximum atomic E-state index is 11.9. The summed E-state index contributed by atoms with van der Waals surface area (Å²) in [4.78, 5) is 24.3. The van der Waals surface area contributed by atoms with Crippen LogP contribution in [-0.2, 0) is 4.79 Å². The first-order valence-electron chi connectivity index (χ1n) is 9.41. The first-order chi connectivity index (χ1) is 14.5. The van der Waals surface area contributed by atoms with Gasteiger partial charge in [-0.1, -0.05) is 32.0 Å². The van der Waals surface area contributed by atoms with Crippen molar-refractivity contribution in [2.24, 2.45) is 5.10 Å².